The van der Waals surface area contributed by atoms with E-state index in [4.69, 9.17) is 9.52 Å². The van der Waals surface area contributed by atoms with Crippen molar-refractivity contribution in [3.05, 3.63) is 40.6 Å². The predicted octanol–water partition coefficient (Wildman–Crippen LogP) is 1.76. The van der Waals surface area contributed by atoms with Crippen LogP contribution in [0.15, 0.2) is 16.5 Å². The fourth-order valence-corrected chi connectivity index (χ4v) is 2.24. The van der Waals surface area contributed by atoms with E-state index in [1.807, 2.05) is 19.9 Å². The highest BCUT2D eigenvalue weighted by Gasteiger charge is 2.17. The molecule has 0 unspecified atom stereocenters. The maximum Gasteiger partial charge on any atom is 0.339 e. The molecule has 7 heteroatoms. The zero-order valence-electron chi connectivity index (χ0n) is 13.1. The maximum absolute atomic E-state index is 12.2. The number of nitrogens with zero attached hydrogens (tertiary/aromatic N) is 3. The number of carboxylic acid groups (broad SMARTS) is 1. The molecule has 1 amide bonds. The van der Waals surface area contributed by atoms with E-state index < -0.39 is 5.97 Å². The summed E-state index contributed by atoms with van der Waals surface area (Å²) in [5.74, 6) is -0.387. The molecule has 7 nitrogen and oxygen atoms in total. The Kier molecular flexibility index (Phi) is 4.35. The molecule has 0 aliphatic heterocycles. The van der Waals surface area contributed by atoms with Crippen LogP contribution >= 0.6 is 0 Å². The van der Waals surface area contributed by atoms with E-state index in [0.717, 1.165) is 11.4 Å². The van der Waals surface area contributed by atoms with Crippen LogP contribution in [0, 0.1) is 20.8 Å². The highest BCUT2D eigenvalue weighted by atomic mass is 16.4. The van der Waals surface area contributed by atoms with Gasteiger partial charge in [-0.1, -0.05) is 0 Å². The Hall–Kier alpha value is -2.57. The number of aromatic carboxylic acids is 1. The fraction of sp³-hybridized carbons (Fsp3) is 0.400. The monoisotopic (exact) mass is 305 g/mol. The molecule has 0 aliphatic rings. The standard InChI is InChI=1S/C15H19N3O4/c1-9-5-10(2)18(16-9)8-14(19)17(4)7-12-6-13(15(20)21)11(3)22-12/h5-6H,7-8H2,1-4H3,(H,20,21). The summed E-state index contributed by atoms with van der Waals surface area (Å²) in [5, 5.41) is 13.2. The zero-order chi connectivity index (χ0) is 16.4. The van der Waals surface area contributed by atoms with Gasteiger partial charge in [0, 0.05) is 12.7 Å². The third kappa shape index (κ3) is 3.36. The van der Waals surface area contributed by atoms with Gasteiger partial charge in [0.2, 0.25) is 5.91 Å². The number of amides is 1. The van der Waals surface area contributed by atoms with Crippen molar-refractivity contribution in [2.45, 2.75) is 33.9 Å². The lowest BCUT2D eigenvalue weighted by Crippen LogP contribution is -2.30. The van der Waals surface area contributed by atoms with Crippen LogP contribution in [0.2, 0.25) is 0 Å². The van der Waals surface area contributed by atoms with Crippen molar-refractivity contribution < 1.29 is 19.1 Å². The molecule has 0 fully saturated rings. The van der Waals surface area contributed by atoms with Gasteiger partial charge in [0.25, 0.3) is 0 Å². The Balaban J connectivity index is 2.04. The number of hydrogen-bond donors (Lipinski definition) is 1. The van der Waals surface area contributed by atoms with Crippen molar-refractivity contribution in [1.82, 2.24) is 14.7 Å². The van der Waals surface area contributed by atoms with Gasteiger partial charge in [0.1, 0.15) is 23.6 Å². The van der Waals surface area contributed by atoms with Crippen LogP contribution in [-0.2, 0) is 17.9 Å². The highest BCUT2D eigenvalue weighted by molar-refractivity contribution is 5.88. The van der Waals surface area contributed by atoms with Crippen LogP contribution in [-0.4, -0.2) is 38.7 Å². The van der Waals surface area contributed by atoms with Crippen LogP contribution in [0.4, 0.5) is 0 Å². The van der Waals surface area contributed by atoms with Gasteiger partial charge in [-0.25, -0.2) is 4.79 Å². The van der Waals surface area contributed by atoms with Gasteiger partial charge >= 0.3 is 5.97 Å². The number of carbonyl (C=O) groups is 2. The van der Waals surface area contributed by atoms with E-state index in [-0.39, 0.29) is 24.6 Å². The van der Waals surface area contributed by atoms with E-state index in [2.05, 4.69) is 5.10 Å². The number of hydrogen-bond acceptors (Lipinski definition) is 4. The molecule has 0 aromatic carbocycles. The van der Waals surface area contributed by atoms with E-state index in [0.29, 0.717) is 11.5 Å². The summed E-state index contributed by atoms with van der Waals surface area (Å²) in [6, 6.07) is 3.35. The van der Waals surface area contributed by atoms with E-state index in [1.165, 1.54) is 11.0 Å². The fourth-order valence-electron chi connectivity index (χ4n) is 2.24. The number of carbonyl (C=O) groups excluding carboxylic acids is 1. The summed E-state index contributed by atoms with van der Waals surface area (Å²) >= 11 is 0. The molecule has 2 heterocycles. The van der Waals surface area contributed by atoms with E-state index in [1.54, 1.807) is 18.7 Å². The van der Waals surface area contributed by atoms with E-state index >= 15 is 0 Å². The van der Waals surface area contributed by atoms with Crippen molar-refractivity contribution in [1.29, 1.82) is 0 Å². The molecule has 0 atom stereocenters. The zero-order valence-corrected chi connectivity index (χ0v) is 13.1. The topological polar surface area (TPSA) is 88.6 Å². The van der Waals surface area contributed by atoms with Crippen LogP contribution in [0.3, 0.4) is 0 Å². The average molecular weight is 305 g/mol. The van der Waals surface area contributed by atoms with E-state index in [9.17, 15) is 9.59 Å². The van der Waals surface area contributed by atoms with Crippen LogP contribution in [0.25, 0.3) is 0 Å². The third-order valence-corrected chi connectivity index (χ3v) is 3.41. The number of carboxylic acids is 1. The molecule has 0 saturated carbocycles. The molecule has 0 bridgehead atoms. The molecule has 1 N–H and O–H groups in total. The molecule has 2 rings (SSSR count). The summed E-state index contributed by atoms with van der Waals surface area (Å²) in [5.41, 5.74) is 1.90. The minimum absolute atomic E-state index is 0.120. The normalized spacial score (nSPS) is 10.7. The van der Waals surface area contributed by atoms with Gasteiger partial charge in [-0.15, -0.1) is 0 Å². The SMILES string of the molecule is Cc1cc(C)n(CC(=O)N(C)Cc2cc(C(=O)O)c(C)o2)n1. The first-order chi connectivity index (χ1) is 10.3. The summed E-state index contributed by atoms with van der Waals surface area (Å²) < 4.78 is 7.02. The van der Waals surface area contributed by atoms with Crippen LogP contribution < -0.4 is 0 Å². The lowest BCUT2D eigenvalue weighted by Gasteiger charge is -2.16. The lowest BCUT2D eigenvalue weighted by atomic mass is 10.2. The van der Waals surface area contributed by atoms with Gasteiger partial charge in [-0.3, -0.25) is 9.48 Å². The number of rotatable bonds is 5. The van der Waals surface area contributed by atoms with Gasteiger partial charge in [-0.05, 0) is 32.9 Å². The third-order valence-electron chi connectivity index (χ3n) is 3.41. The molecule has 0 saturated heterocycles. The van der Waals surface area contributed by atoms with Gasteiger partial charge in [0.05, 0.1) is 12.2 Å². The summed E-state index contributed by atoms with van der Waals surface area (Å²) in [6.45, 7) is 5.71. The minimum atomic E-state index is -1.04. The molecule has 118 valence electrons. The first-order valence-corrected chi connectivity index (χ1v) is 6.85. The van der Waals surface area contributed by atoms with Crippen LogP contribution in [0.1, 0.15) is 33.3 Å². The van der Waals surface area contributed by atoms with Crippen LogP contribution in [0.5, 0.6) is 0 Å². The largest absolute Gasteiger partial charge is 0.478 e. The second kappa shape index (κ2) is 6.05. The Morgan fingerprint density at radius 1 is 1.32 bits per heavy atom. The smallest absolute Gasteiger partial charge is 0.339 e. The number of aryl methyl sites for hydroxylation is 3. The Morgan fingerprint density at radius 3 is 2.50 bits per heavy atom. The molecular weight excluding hydrogens is 286 g/mol. The maximum atomic E-state index is 12.2. The van der Waals surface area contributed by atoms with Crippen molar-refractivity contribution in [2.24, 2.45) is 0 Å². The predicted molar refractivity (Wildman–Crippen MR) is 78.6 cm³/mol. The molecule has 22 heavy (non-hydrogen) atoms. The van der Waals surface area contributed by atoms with Crippen molar-refractivity contribution in [3.8, 4) is 0 Å². The molecule has 2 aromatic heterocycles. The number of likely N-dealkylation sites (N-methyl/N-ethyl adjacent to an activating group) is 1. The van der Waals surface area contributed by atoms with Gasteiger partial charge in [-0.2, -0.15) is 5.10 Å². The average Bonchev–Trinajstić information content (AvgIpc) is 2.92. The Bertz CT molecular complexity index is 714. The minimum Gasteiger partial charge on any atom is -0.478 e. The quantitative estimate of drug-likeness (QED) is 0.909. The molecule has 0 aliphatic carbocycles. The van der Waals surface area contributed by atoms with Gasteiger partial charge < -0.3 is 14.4 Å². The first-order valence-electron chi connectivity index (χ1n) is 6.85. The molecule has 0 spiro atoms. The molecular formula is C15H19N3O4. The molecule has 2 aromatic rings. The summed E-state index contributed by atoms with van der Waals surface area (Å²) in [7, 11) is 1.65. The summed E-state index contributed by atoms with van der Waals surface area (Å²) in [4.78, 5) is 24.7. The second-order valence-electron chi connectivity index (χ2n) is 5.32. The first kappa shape index (κ1) is 15.8. The highest BCUT2D eigenvalue weighted by Crippen LogP contribution is 2.16. The van der Waals surface area contributed by atoms with Crippen molar-refractivity contribution in [3.63, 3.8) is 0 Å². The molecule has 0 radical (unpaired) electrons. The number of aromatic nitrogens is 2. The Morgan fingerprint density at radius 2 is 2.00 bits per heavy atom. The second-order valence-corrected chi connectivity index (χ2v) is 5.32. The van der Waals surface area contributed by atoms with Crippen molar-refractivity contribution in [2.75, 3.05) is 7.05 Å². The van der Waals surface area contributed by atoms with Crippen molar-refractivity contribution >= 4 is 11.9 Å². The number of furan rings is 1. The lowest BCUT2D eigenvalue weighted by molar-refractivity contribution is -0.131. The van der Waals surface area contributed by atoms with Gasteiger partial charge in [0.15, 0.2) is 0 Å². The summed E-state index contributed by atoms with van der Waals surface area (Å²) in [6.07, 6.45) is 0. The Labute approximate surface area is 128 Å².